The van der Waals surface area contributed by atoms with Gasteiger partial charge in [0.15, 0.2) is 0 Å². The maximum absolute atomic E-state index is 6.46. The molecule has 3 heterocycles. The largest absolute Gasteiger partial charge is 0.381 e. The van der Waals surface area contributed by atoms with Crippen molar-refractivity contribution in [2.45, 2.75) is 50.7 Å². The molecule has 2 aliphatic rings. The van der Waals surface area contributed by atoms with Crippen LogP contribution in [0.15, 0.2) is 5.38 Å². The van der Waals surface area contributed by atoms with Crippen LogP contribution in [0.25, 0.3) is 0 Å². The third-order valence-corrected chi connectivity index (χ3v) is 5.61. The zero-order valence-corrected chi connectivity index (χ0v) is 13.0. The fourth-order valence-corrected chi connectivity index (χ4v) is 4.23. The molecule has 0 aliphatic carbocycles. The second kappa shape index (κ2) is 6.10. The molecule has 112 valence electrons. The predicted molar refractivity (Wildman–Crippen MR) is 80.0 cm³/mol. The number of hydrogen-bond acceptors (Lipinski definition) is 5. The van der Waals surface area contributed by atoms with Crippen LogP contribution in [0.2, 0.25) is 0 Å². The number of nitrogens with two attached hydrogens (primary N) is 1. The standard InChI is InChI=1S/C15H24N2O2S/c1-11-10-20-14(17-11)8-13(16)12-2-5-19-15(9-12)3-6-18-7-4-15/h10,12-13H,2-9,16H2,1H3. The summed E-state index contributed by atoms with van der Waals surface area (Å²) in [4.78, 5) is 4.54. The van der Waals surface area contributed by atoms with Crippen LogP contribution in [0.1, 0.15) is 36.4 Å². The van der Waals surface area contributed by atoms with Crippen LogP contribution < -0.4 is 5.73 Å². The molecule has 2 fully saturated rings. The predicted octanol–water partition coefficient (Wildman–Crippen LogP) is 2.30. The SMILES string of the molecule is Cc1csc(CC(N)C2CCOC3(CCOCC3)C2)n1. The molecule has 0 saturated carbocycles. The van der Waals surface area contributed by atoms with E-state index in [-0.39, 0.29) is 11.6 Å². The summed E-state index contributed by atoms with van der Waals surface area (Å²) in [5, 5.41) is 3.27. The monoisotopic (exact) mass is 296 g/mol. The van der Waals surface area contributed by atoms with E-state index in [4.69, 9.17) is 15.2 Å². The van der Waals surface area contributed by atoms with Gasteiger partial charge >= 0.3 is 0 Å². The molecule has 1 spiro atoms. The first kappa shape index (κ1) is 14.4. The number of aromatic nitrogens is 1. The lowest BCUT2D eigenvalue weighted by atomic mass is 9.77. The van der Waals surface area contributed by atoms with Crippen molar-refractivity contribution in [1.82, 2.24) is 4.98 Å². The Labute approximate surface area is 124 Å². The van der Waals surface area contributed by atoms with Crippen LogP contribution in [0, 0.1) is 12.8 Å². The van der Waals surface area contributed by atoms with Gasteiger partial charge in [0.25, 0.3) is 0 Å². The summed E-state index contributed by atoms with van der Waals surface area (Å²) >= 11 is 1.73. The van der Waals surface area contributed by atoms with Crippen LogP contribution in [-0.2, 0) is 15.9 Å². The molecule has 1 aromatic rings. The highest BCUT2D eigenvalue weighted by Gasteiger charge is 2.40. The molecule has 1 aromatic heterocycles. The Morgan fingerprint density at radius 2 is 2.25 bits per heavy atom. The van der Waals surface area contributed by atoms with Gasteiger partial charge in [-0.05, 0) is 38.5 Å². The zero-order chi connectivity index (χ0) is 14.0. The second-order valence-electron chi connectivity index (χ2n) is 6.15. The van der Waals surface area contributed by atoms with Gasteiger partial charge < -0.3 is 15.2 Å². The lowest BCUT2D eigenvalue weighted by Crippen LogP contribution is -2.48. The molecular weight excluding hydrogens is 272 g/mol. The third-order valence-electron chi connectivity index (χ3n) is 4.62. The van der Waals surface area contributed by atoms with E-state index in [0.29, 0.717) is 5.92 Å². The molecule has 4 nitrogen and oxygen atoms in total. The molecule has 0 bridgehead atoms. The van der Waals surface area contributed by atoms with Gasteiger partial charge in [0, 0.05) is 43.4 Å². The van der Waals surface area contributed by atoms with Gasteiger partial charge in [-0.3, -0.25) is 0 Å². The topological polar surface area (TPSA) is 57.4 Å². The zero-order valence-electron chi connectivity index (χ0n) is 12.1. The van der Waals surface area contributed by atoms with Gasteiger partial charge in [-0.25, -0.2) is 4.98 Å². The van der Waals surface area contributed by atoms with Crippen LogP contribution >= 0.6 is 11.3 Å². The average Bonchev–Trinajstić information content (AvgIpc) is 2.85. The van der Waals surface area contributed by atoms with Crippen LogP contribution in [0.4, 0.5) is 0 Å². The van der Waals surface area contributed by atoms with Crippen molar-refractivity contribution in [2.75, 3.05) is 19.8 Å². The van der Waals surface area contributed by atoms with Gasteiger partial charge in [0.05, 0.1) is 10.6 Å². The summed E-state index contributed by atoms with van der Waals surface area (Å²) in [5.41, 5.74) is 7.60. The van der Waals surface area contributed by atoms with E-state index in [1.54, 1.807) is 11.3 Å². The van der Waals surface area contributed by atoms with Gasteiger partial charge in [-0.2, -0.15) is 0 Å². The Kier molecular flexibility index (Phi) is 4.40. The summed E-state index contributed by atoms with van der Waals surface area (Å²) in [6.07, 6.45) is 5.10. The van der Waals surface area contributed by atoms with Gasteiger partial charge in [-0.1, -0.05) is 0 Å². The van der Waals surface area contributed by atoms with E-state index in [9.17, 15) is 0 Å². The Morgan fingerprint density at radius 3 is 2.95 bits per heavy atom. The van der Waals surface area contributed by atoms with Gasteiger partial charge in [0.1, 0.15) is 0 Å². The van der Waals surface area contributed by atoms with E-state index in [0.717, 1.165) is 57.6 Å². The molecule has 2 aliphatic heterocycles. The Balaban J connectivity index is 1.61. The number of thiazole rings is 1. The van der Waals surface area contributed by atoms with E-state index in [1.165, 1.54) is 5.01 Å². The number of nitrogens with zero attached hydrogens (tertiary/aromatic N) is 1. The van der Waals surface area contributed by atoms with Crippen LogP contribution in [-0.4, -0.2) is 36.4 Å². The quantitative estimate of drug-likeness (QED) is 0.930. The highest BCUT2D eigenvalue weighted by atomic mass is 32.1. The number of aryl methyl sites for hydroxylation is 1. The molecule has 0 radical (unpaired) electrons. The van der Waals surface area contributed by atoms with Crippen molar-refractivity contribution < 1.29 is 9.47 Å². The van der Waals surface area contributed by atoms with Crippen molar-refractivity contribution >= 4 is 11.3 Å². The van der Waals surface area contributed by atoms with Crippen LogP contribution in [0.3, 0.4) is 0 Å². The molecule has 2 unspecified atom stereocenters. The lowest BCUT2D eigenvalue weighted by molar-refractivity contribution is -0.149. The summed E-state index contributed by atoms with van der Waals surface area (Å²) < 4.78 is 11.6. The van der Waals surface area contributed by atoms with Crippen LogP contribution in [0.5, 0.6) is 0 Å². The summed E-state index contributed by atoms with van der Waals surface area (Å²) in [5.74, 6) is 0.547. The fraction of sp³-hybridized carbons (Fsp3) is 0.800. The second-order valence-corrected chi connectivity index (χ2v) is 7.09. The fourth-order valence-electron chi connectivity index (χ4n) is 3.39. The molecular formula is C15H24N2O2S. The smallest absolute Gasteiger partial charge is 0.0943 e. The minimum Gasteiger partial charge on any atom is -0.381 e. The van der Waals surface area contributed by atoms with E-state index < -0.39 is 0 Å². The number of ether oxygens (including phenoxy) is 2. The molecule has 2 atom stereocenters. The Hall–Kier alpha value is -0.490. The number of hydrogen-bond donors (Lipinski definition) is 1. The minimum absolute atomic E-state index is 0.0393. The van der Waals surface area contributed by atoms with E-state index in [1.807, 2.05) is 6.92 Å². The molecule has 2 N–H and O–H groups in total. The van der Waals surface area contributed by atoms with Crippen molar-refractivity contribution in [2.24, 2.45) is 11.7 Å². The third kappa shape index (κ3) is 3.22. The molecule has 0 amide bonds. The molecule has 5 heteroatoms. The van der Waals surface area contributed by atoms with E-state index in [2.05, 4.69) is 10.4 Å². The molecule has 20 heavy (non-hydrogen) atoms. The lowest BCUT2D eigenvalue weighted by Gasteiger charge is -2.44. The summed E-state index contributed by atoms with van der Waals surface area (Å²) in [6, 6.07) is 0.198. The molecule has 3 rings (SSSR count). The van der Waals surface area contributed by atoms with Crippen molar-refractivity contribution in [3.8, 4) is 0 Å². The van der Waals surface area contributed by atoms with Crippen molar-refractivity contribution in [3.63, 3.8) is 0 Å². The first-order valence-electron chi connectivity index (χ1n) is 7.55. The van der Waals surface area contributed by atoms with Gasteiger partial charge in [0.2, 0.25) is 0 Å². The highest BCUT2D eigenvalue weighted by Crippen LogP contribution is 2.38. The average molecular weight is 296 g/mol. The maximum atomic E-state index is 6.46. The molecule has 0 aromatic carbocycles. The normalized spacial score (nSPS) is 27.6. The Morgan fingerprint density at radius 1 is 1.45 bits per heavy atom. The summed E-state index contributed by atoms with van der Waals surface area (Å²) in [6.45, 7) is 4.54. The Bertz CT molecular complexity index is 437. The minimum atomic E-state index is 0.0393. The summed E-state index contributed by atoms with van der Waals surface area (Å²) in [7, 11) is 0. The van der Waals surface area contributed by atoms with Crippen molar-refractivity contribution in [3.05, 3.63) is 16.1 Å². The van der Waals surface area contributed by atoms with E-state index >= 15 is 0 Å². The first-order valence-corrected chi connectivity index (χ1v) is 8.43. The van der Waals surface area contributed by atoms with Crippen molar-refractivity contribution in [1.29, 1.82) is 0 Å². The molecule has 2 saturated heterocycles. The first-order chi connectivity index (χ1) is 9.67. The number of rotatable bonds is 3. The highest BCUT2D eigenvalue weighted by molar-refractivity contribution is 7.09. The van der Waals surface area contributed by atoms with Gasteiger partial charge in [-0.15, -0.1) is 11.3 Å². The maximum Gasteiger partial charge on any atom is 0.0943 e.